The molecule has 0 atom stereocenters. The van der Waals surface area contributed by atoms with Crippen molar-refractivity contribution in [1.82, 2.24) is 9.97 Å². The molecule has 4 heteroatoms. The van der Waals surface area contributed by atoms with Crippen LogP contribution in [-0.4, -0.2) is 9.97 Å². The maximum Gasteiger partial charge on any atom is 0.133 e. The lowest BCUT2D eigenvalue weighted by Crippen LogP contribution is -2.01. The summed E-state index contributed by atoms with van der Waals surface area (Å²) in [5.74, 6) is 1.81. The minimum Gasteiger partial charge on any atom is -0.384 e. The second-order valence-corrected chi connectivity index (χ2v) is 4.19. The number of nitrogens with two attached hydrogens (primary N) is 1. The summed E-state index contributed by atoms with van der Waals surface area (Å²) in [5.41, 5.74) is 7.62. The van der Waals surface area contributed by atoms with Gasteiger partial charge in [-0.2, -0.15) is 0 Å². The molecule has 0 saturated carbocycles. The predicted octanol–water partition coefficient (Wildman–Crippen LogP) is 2.93. The molecule has 0 amide bonds. The molecule has 0 unspecified atom stereocenters. The third kappa shape index (κ3) is 2.72. The van der Waals surface area contributed by atoms with Crippen LogP contribution in [0.5, 0.6) is 0 Å². The van der Waals surface area contributed by atoms with E-state index in [9.17, 15) is 0 Å². The summed E-state index contributed by atoms with van der Waals surface area (Å²) < 4.78 is 0. The Morgan fingerprint density at radius 2 is 2.00 bits per heavy atom. The Morgan fingerprint density at radius 3 is 2.65 bits per heavy atom. The molecule has 0 bridgehead atoms. The topological polar surface area (TPSA) is 63.8 Å². The van der Waals surface area contributed by atoms with Gasteiger partial charge in [-0.05, 0) is 29.7 Å². The van der Waals surface area contributed by atoms with E-state index in [2.05, 4.69) is 35.2 Å². The lowest BCUT2D eigenvalue weighted by Gasteiger charge is -2.12. The number of nitrogen functional groups attached to an aromatic ring is 1. The number of anilines is 3. The number of rotatable bonds is 3. The Kier molecular flexibility index (Phi) is 3.23. The zero-order chi connectivity index (χ0) is 12.3. The van der Waals surface area contributed by atoms with Crippen molar-refractivity contribution in [2.75, 3.05) is 11.1 Å². The first-order chi connectivity index (χ1) is 8.16. The van der Waals surface area contributed by atoms with Crippen molar-refractivity contribution >= 4 is 17.3 Å². The average molecular weight is 228 g/mol. The van der Waals surface area contributed by atoms with Gasteiger partial charge in [0.05, 0.1) is 11.9 Å². The zero-order valence-electron chi connectivity index (χ0n) is 10.0. The van der Waals surface area contributed by atoms with E-state index in [1.807, 2.05) is 12.1 Å². The highest BCUT2D eigenvalue weighted by Gasteiger charge is 2.07. The molecule has 0 radical (unpaired) electrons. The number of aromatic nitrogens is 2. The molecule has 4 nitrogen and oxygen atoms in total. The number of nitrogens with one attached hydrogen (secondary N) is 1. The Balaban J connectivity index is 2.26. The van der Waals surface area contributed by atoms with E-state index >= 15 is 0 Å². The molecule has 3 N–H and O–H groups in total. The fraction of sp³-hybridized carbons (Fsp3) is 0.231. The minimum absolute atomic E-state index is 0.424. The number of hydrogen-bond donors (Lipinski definition) is 2. The summed E-state index contributed by atoms with van der Waals surface area (Å²) in [6.45, 7) is 4.28. The van der Waals surface area contributed by atoms with Crippen LogP contribution in [0.1, 0.15) is 25.3 Å². The van der Waals surface area contributed by atoms with E-state index < -0.39 is 0 Å². The highest BCUT2D eigenvalue weighted by molar-refractivity contribution is 5.59. The molecule has 0 aliphatic rings. The molecule has 0 aromatic carbocycles. The smallest absolute Gasteiger partial charge is 0.133 e. The van der Waals surface area contributed by atoms with Crippen LogP contribution in [0, 0.1) is 0 Å². The highest BCUT2D eigenvalue weighted by Crippen LogP contribution is 2.24. The lowest BCUT2D eigenvalue weighted by molar-refractivity contribution is 0.861. The molecular formula is C13H16N4. The third-order valence-electron chi connectivity index (χ3n) is 2.51. The third-order valence-corrected chi connectivity index (χ3v) is 2.51. The molecule has 2 rings (SSSR count). The van der Waals surface area contributed by atoms with Crippen LogP contribution in [0.3, 0.4) is 0 Å². The average Bonchev–Trinajstić information content (AvgIpc) is 2.32. The summed E-state index contributed by atoms with van der Waals surface area (Å²) in [5, 5.41) is 3.25. The molecule has 2 heterocycles. The summed E-state index contributed by atoms with van der Waals surface area (Å²) in [6.07, 6.45) is 3.48. The molecule has 0 fully saturated rings. The highest BCUT2D eigenvalue weighted by atomic mass is 15.0. The van der Waals surface area contributed by atoms with Crippen LogP contribution in [-0.2, 0) is 0 Å². The van der Waals surface area contributed by atoms with Gasteiger partial charge in [-0.15, -0.1) is 0 Å². The van der Waals surface area contributed by atoms with Gasteiger partial charge in [0.2, 0.25) is 0 Å². The molecule has 0 spiro atoms. The molecule has 0 aliphatic heterocycles. The van der Waals surface area contributed by atoms with Gasteiger partial charge < -0.3 is 11.1 Å². The van der Waals surface area contributed by atoms with Crippen molar-refractivity contribution in [3.05, 3.63) is 42.2 Å². The van der Waals surface area contributed by atoms with Crippen LogP contribution >= 0.6 is 0 Å². The molecule has 88 valence electrons. The zero-order valence-corrected chi connectivity index (χ0v) is 10.0. The van der Waals surface area contributed by atoms with Gasteiger partial charge in [-0.3, -0.25) is 0 Å². The Morgan fingerprint density at radius 1 is 1.18 bits per heavy atom. The first-order valence-electron chi connectivity index (χ1n) is 5.60. The van der Waals surface area contributed by atoms with Crippen molar-refractivity contribution in [1.29, 1.82) is 0 Å². The van der Waals surface area contributed by atoms with Gasteiger partial charge in [0.25, 0.3) is 0 Å². The molecule has 2 aromatic rings. The Bertz CT molecular complexity index is 491. The second-order valence-electron chi connectivity index (χ2n) is 4.19. The largest absolute Gasteiger partial charge is 0.384 e. The summed E-state index contributed by atoms with van der Waals surface area (Å²) in [7, 11) is 0. The maximum absolute atomic E-state index is 5.54. The van der Waals surface area contributed by atoms with Gasteiger partial charge in [-0.1, -0.05) is 19.9 Å². The van der Waals surface area contributed by atoms with Crippen molar-refractivity contribution < 1.29 is 0 Å². The van der Waals surface area contributed by atoms with Gasteiger partial charge in [-0.25, -0.2) is 9.97 Å². The minimum atomic E-state index is 0.424. The molecule has 17 heavy (non-hydrogen) atoms. The van der Waals surface area contributed by atoms with Crippen molar-refractivity contribution in [2.45, 2.75) is 19.8 Å². The molecular weight excluding hydrogens is 212 g/mol. The van der Waals surface area contributed by atoms with Crippen LogP contribution in [0.25, 0.3) is 0 Å². The fourth-order valence-electron chi connectivity index (χ4n) is 1.60. The molecule has 0 aliphatic carbocycles. The number of pyridine rings is 2. The van der Waals surface area contributed by atoms with E-state index in [1.54, 1.807) is 18.5 Å². The Labute approximate surface area is 101 Å². The van der Waals surface area contributed by atoms with Gasteiger partial charge in [0.15, 0.2) is 0 Å². The van der Waals surface area contributed by atoms with Gasteiger partial charge in [0, 0.05) is 6.20 Å². The van der Waals surface area contributed by atoms with Crippen LogP contribution < -0.4 is 11.1 Å². The maximum atomic E-state index is 5.54. The van der Waals surface area contributed by atoms with E-state index in [4.69, 9.17) is 5.73 Å². The van der Waals surface area contributed by atoms with E-state index in [-0.39, 0.29) is 0 Å². The SMILES string of the molecule is CC(C)c1cccnc1Nc1ccc(N)nc1. The van der Waals surface area contributed by atoms with E-state index in [1.165, 1.54) is 5.56 Å². The van der Waals surface area contributed by atoms with Crippen molar-refractivity contribution in [3.63, 3.8) is 0 Å². The van der Waals surface area contributed by atoms with Gasteiger partial charge in [0.1, 0.15) is 11.6 Å². The summed E-state index contributed by atoms with van der Waals surface area (Å²) in [4.78, 5) is 8.38. The quantitative estimate of drug-likeness (QED) is 0.847. The second kappa shape index (κ2) is 4.82. The standard InChI is InChI=1S/C13H16N4/c1-9(2)11-4-3-7-15-13(11)17-10-5-6-12(14)16-8-10/h3-9H,1-2H3,(H2,14,16)(H,15,17). The van der Waals surface area contributed by atoms with Crippen molar-refractivity contribution in [2.24, 2.45) is 0 Å². The van der Waals surface area contributed by atoms with Crippen LogP contribution in [0.4, 0.5) is 17.3 Å². The molecule has 2 aromatic heterocycles. The van der Waals surface area contributed by atoms with Gasteiger partial charge >= 0.3 is 0 Å². The Hall–Kier alpha value is -2.10. The molecule has 0 saturated heterocycles. The lowest BCUT2D eigenvalue weighted by atomic mass is 10.0. The van der Waals surface area contributed by atoms with Crippen LogP contribution in [0.15, 0.2) is 36.7 Å². The first-order valence-corrected chi connectivity index (χ1v) is 5.60. The predicted molar refractivity (Wildman–Crippen MR) is 70.3 cm³/mol. The normalized spacial score (nSPS) is 10.5. The number of nitrogens with zero attached hydrogens (tertiary/aromatic N) is 2. The first kappa shape index (κ1) is 11.4. The van der Waals surface area contributed by atoms with E-state index in [0.717, 1.165) is 11.5 Å². The monoisotopic (exact) mass is 228 g/mol. The van der Waals surface area contributed by atoms with E-state index in [0.29, 0.717) is 11.7 Å². The van der Waals surface area contributed by atoms with Crippen LogP contribution in [0.2, 0.25) is 0 Å². The summed E-state index contributed by atoms with van der Waals surface area (Å²) in [6, 6.07) is 7.67. The summed E-state index contributed by atoms with van der Waals surface area (Å²) >= 11 is 0. The van der Waals surface area contributed by atoms with Crippen molar-refractivity contribution in [3.8, 4) is 0 Å². The fourth-order valence-corrected chi connectivity index (χ4v) is 1.60. The number of hydrogen-bond acceptors (Lipinski definition) is 4.